The van der Waals surface area contributed by atoms with Crippen LogP contribution in [0, 0.1) is 32.1 Å². The van der Waals surface area contributed by atoms with Crippen LogP contribution >= 0.6 is 0 Å². The number of nitro groups is 2. The number of aliphatic hydroxyl groups is 4. The second-order valence-electron chi connectivity index (χ2n) is 11.5. The summed E-state index contributed by atoms with van der Waals surface area (Å²) in [5, 5.41) is 64.3. The van der Waals surface area contributed by atoms with Gasteiger partial charge in [0.25, 0.3) is 0 Å². The van der Waals surface area contributed by atoms with E-state index in [4.69, 9.17) is 15.3 Å². The zero-order chi connectivity index (χ0) is 36.4. The number of hydrogen-bond donors (Lipinski definition) is 5. The molecular formula is C33H52N2O12. The molecule has 266 valence electrons. The second kappa shape index (κ2) is 27.2. The summed E-state index contributed by atoms with van der Waals surface area (Å²) in [4.78, 5) is 39.8. The first-order valence-corrected chi connectivity index (χ1v) is 15.3. The molecule has 2 rings (SSSR count). The molecule has 0 heterocycles. The molecule has 0 aromatic heterocycles. The number of aliphatic carboxylic acids is 1. The Morgan fingerprint density at radius 2 is 1.09 bits per heavy atom. The Bertz CT molecular complexity index is 1120. The third kappa shape index (κ3) is 29.2. The molecule has 0 aliphatic carbocycles. The van der Waals surface area contributed by atoms with E-state index in [1.165, 1.54) is 7.11 Å². The van der Waals surface area contributed by atoms with E-state index >= 15 is 0 Å². The topological polar surface area (TPSA) is 231 Å². The summed E-state index contributed by atoms with van der Waals surface area (Å²) in [6, 6.07) is 19.3. The van der Waals surface area contributed by atoms with Crippen molar-refractivity contribution in [1.82, 2.24) is 0 Å². The summed E-state index contributed by atoms with van der Waals surface area (Å²) >= 11 is 0. The average molecular weight is 669 g/mol. The fourth-order valence-corrected chi connectivity index (χ4v) is 3.78. The first-order valence-electron chi connectivity index (χ1n) is 15.3. The van der Waals surface area contributed by atoms with Crippen LogP contribution in [0.1, 0.15) is 64.5 Å². The number of carboxylic acids is 1. The first-order chi connectivity index (χ1) is 22.0. The Labute approximate surface area is 276 Å². The van der Waals surface area contributed by atoms with Crippen molar-refractivity contribution in [3.63, 3.8) is 0 Å². The van der Waals surface area contributed by atoms with Crippen LogP contribution in [-0.2, 0) is 27.2 Å². The standard InChI is InChI=1S/C11H14O3.C10H13NO3.C6H13NO3.C6H12O3/c1-14-11(13)10(12)8-7-9-5-3-2-4-6-9;12-10(8-11(13)14)7-6-9-4-2-1-3-5-9;1-5(2)3-6(8)4-7(9)10;1-4(2)3-5(7)6(8)9/h2-6,10,12H,7-8H2,1H3;1-5,10,12H,6-8H2;5-6,8H,3-4H2,1-2H3;4-5,7H,3H2,1-2H3,(H,8,9)/t2*10-;6-;5-/m0000/s1. The van der Waals surface area contributed by atoms with Crippen molar-refractivity contribution in [3.8, 4) is 0 Å². The SMILES string of the molecule is CC(C)C[C@H](O)C(=O)O.CC(C)C[C@H](O)C[N+](=O)[O-].COC(=O)[C@@H](O)CCc1ccccc1.O=[N+]([O-])C[C@@H](O)CCc1ccccc1. The number of carbonyl (C=O) groups excluding carboxylic acids is 1. The summed E-state index contributed by atoms with van der Waals surface area (Å²) in [7, 11) is 1.27. The number of carbonyl (C=O) groups is 2. The minimum atomic E-state index is -1.19. The molecule has 2 aromatic rings. The number of carboxylic acid groups (broad SMARTS) is 1. The Morgan fingerprint density at radius 1 is 0.681 bits per heavy atom. The first kappa shape index (κ1) is 45.1. The number of aliphatic hydroxyl groups excluding tert-OH is 4. The van der Waals surface area contributed by atoms with E-state index < -0.39 is 46.2 Å². The van der Waals surface area contributed by atoms with E-state index in [0.29, 0.717) is 44.4 Å². The molecule has 0 aliphatic heterocycles. The fourth-order valence-electron chi connectivity index (χ4n) is 3.78. The van der Waals surface area contributed by atoms with Crippen molar-refractivity contribution in [2.75, 3.05) is 20.2 Å². The predicted octanol–water partition coefficient (Wildman–Crippen LogP) is 3.56. The lowest BCUT2D eigenvalue weighted by Gasteiger charge is -2.07. The Kier molecular flexibility index (Phi) is 26.1. The number of benzene rings is 2. The number of nitrogens with zero attached hydrogens (tertiary/aromatic N) is 2. The molecule has 0 amide bonds. The van der Waals surface area contributed by atoms with Gasteiger partial charge in [0.05, 0.1) is 7.11 Å². The van der Waals surface area contributed by atoms with Crippen LogP contribution in [0.4, 0.5) is 0 Å². The molecule has 0 aliphatic rings. The van der Waals surface area contributed by atoms with Gasteiger partial charge in [-0.25, -0.2) is 9.59 Å². The van der Waals surface area contributed by atoms with Gasteiger partial charge >= 0.3 is 11.9 Å². The normalized spacial score (nSPS) is 12.8. The average Bonchev–Trinajstić information content (AvgIpc) is 2.99. The Morgan fingerprint density at radius 3 is 1.43 bits per heavy atom. The molecule has 47 heavy (non-hydrogen) atoms. The summed E-state index contributed by atoms with van der Waals surface area (Å²) in [5.74, 6) is -1.16. The molecule has 0 unspecified atom stereocenters. The van der Waals surface area contributed by atoms with E-state index in [1.807, 2.05) is 88.4 Å². The van der Waals surface area contributed by atoms with E-state index in [9.17, 15) is 40.0 Å². The molecule has 0 bridgehead atoms. The minimum absolute atomic E-state index is 0.232. The van der Waals surface area contributed by atoms with Gasteiger partial charge in [0.2, 0.25) is 13.1 Å². The number of methoxy groups -OCH3 is 1. The maximum atomic E-state index is 10.9. The van der Waals surface area contributed by atoms with Crippen molar-refractivity contribution >= 4 is 11.9 Å². The largest absolute Gasteiger partial charge is 0.479 e. The summed E-state index contributed by atoms with van der Waals surface area (Å²) < 4.78 is 4.41. The molecule has 0 fully saturated rings. The highest BCUT2D eigenvalue weighted by atomic mass is 16.6. The number of aryl methyl sites for hydroxylation is 2. The number of hydrogen-bond acceptors (Lipinski definition) is 11. The van der Waals surface area contributed by atoms with Crippen molar-refractivity contribution in [3.05, 3.63) is 92.0 Å². The van der Waals surface area contributed by atoms with Gasteiger partial charge in [-0.1, -0.05) is 88.4 Å². The molecule has 5 N–H and O–H groups in total. The van der Waals surface area contributed by atoms with Crippen molar-refractivity contribution < 1.29 is 49.7 Å². The maximum absolute atomic E-state index is 10.9. The van der Waals surface area contributed by atoms with Gasteiger partial charge in [-0.15, -0.1) is 0 Å². The third-order valence-electron chi connectivity index (χ3n) is 6.07. The quantitative estimate of drug-likeness (QED) is 0.0982. The van der Waals surface area contributed by atoms with Gasteiger partial charge in [0, 0.05) is 9.85 Å². The number of rotatable bonds is 16. The van der Waals surface area contributed by atoms with Crippen LogP contribution in [0.5, 0.6) is 0 Å². The molecule has 0 saturated carbocycles. The summed E-state index contributed by atoms with van der Waals surface area (Å²) in [6.45, 7) is 6.87. The lowest BCUT2D eigenvalue weighted by atomic mass is 10.1. The lowest BCUT2D eigenvalue weighted by molar-refractivity contribution is -0.490. The number of esters is 1. The van der Waals surface area contributed by atoms with Gasteiger partial charge in [-0.2, -0.15) is 0 Å². The molecule has 2 aromatic carbocycles. The zero-order valence-electron chi connectivity index (χ0n) is 27.9. The van der Waals surface area contributed by atoms with Gasteiger partial charge in [0.15, 0.2) is 12.2 Å². The van der Waals surface area contributed by atoms with Crippen molar-refractivity contribution in [1.29, 1.82) is 0 Å². The highest BCUT2D eigenvalue weighted by molar-refractivity contribution is 5.74. The molecule has 0 radical (unpaired) electrons. The van der Waals surface area contributed by atoms with Crippen LogP contribution in [-0.4, -0.2) is 91.9 Å². The monoisotopic (exact) mass is 668 g/mol. The van der Waals surface area contributed by atoms with E-state index in [-0.39, 0.29) is 19.0 Å². The molecule has 14 nitrogen and oxygen atoms in total. The Balaban J connectivity index is 0. The maximum Gasteiger partial charge on any atom is 0.334 e. The van der Waals surface area contributed by atoms with Crippen LogP contribution in [0.2, 0.25) is 0 Å². The fraction of sp³-hybridized carbons (Fsp3) is 0.576. The van der Waals surface area contributed by atoms with E-state index in [0.717, 1.165) is 11.1 Å². The predicted molar refractivity (Wildman–Crippen MR) is 176 cm³/mol. The summed E-state index contributed by atoms with van der Waals surface area (Å²) in [6.07, 6.45) is -0.810. The highest BCUT2D eigenvalue weighted by Crippen LogP contribution is 2.07. The van der Waals surface area contributed by atoms with Gasteiger partial charge < -0.3 is 30.3 Å². The molecule has 0 saturated heterocycles. The summed E-state index contributed by atoms with van der Waals surface area (Å²) in [5.41, 5.74) is 2.20. The van der Waals surface area contributed by atoms with Crippen LogP contribution < -0.4 is 0 Å². The zero-order valence-corrected chi connectivity index (χ0v) is 27.9. The van der Waals surface area contributed by atoms with E-state index in [2.05, 4.69) is 4.74 Å². The van der Waals surface area contributed by atoms with Crippen LogP contribution in [0.3, 0.4) is 0 Å². The molecule has 14 heteroatoms. The van der Waals surface area contributed by atoms with Crippen molar-refractivity contribution in [2.45, 2.75) is 90.6 Å². The molecular weight excluding hydrogens is 616 g/mol. The highest BCUT2D eigenvalue weighted by Gasteiger charge is 2.15. The minimum Gasteiger partial charge on any atom is -0.479 e. The molecule has 0 spiro atoms. The van der Waals surface area contributed by atoms with Gasteiger partial charge in [-0.3, -0.25) is 20.2 Å². The van der Waals surface area contributed by atoms with Crippen molar-refractivity contribution in [2.24, 2.45) is 11.8 Å². The van der Waals surface area contributed by atoms with Gasteiger partial charge in [0.1, 0.15) is 12.2 Å². The van der Waals surface area contributed by atoms with E-state index in [1.54, 1.807) is 0 Å². The number of ether oxygens (including phenoxy) is 1. The van der Waals surface area contributed by atoms with Gasteiger partial charge in [-0.05, 0) is 61.5 Å². The third-order valence-corrected chi connectivity index (χ3v) is 6.07. The smallest absolute Gasteiger partial charge is 0.334 e. The second-order valence-corrected chi connectivity index (χ2v) is 11.5. The Hall–Kier alpha value is -3.98. The van der Waals surface area contributed by atoms with Crippen LogP contribution in [0.15, 0.2) is 60.7 Å². The van der Waals surface area contributed by atoms with Crippen LogP contribution in [0.25, 0.3) is 0 Å². The lowest BCUT2D eigenvalue weighted by Crippen LogP contribution is -2.22. The molecule has 4 atom stereocenters.